The van der Waals surface area contributed by atoms with Crippen LogP contribution in [0, 0.1) is 5.92 Å². The minimum atomic E-state index is -0.203. The van der Waals surface area contributed by atoms with Gasteiger partial charge in [0.2, 0.25) is 5.91 Å². The van der Waals surface area contributed by atoms with Gasteiger partial charge in [-0.1, -0.05) is 37.6 Å². The zero-order valence-electron chi connectivity index (χ0n) is 25.6. The van der Waals surface area contributed by atoms with Crippen molar-refractivity contribution >= 4 is 17.9 Å². The summed E-state index contributed by atoms with van der Waals surface area (Å²) in [6.45, 7) is 6.08. The van der Waals surface area contributed by atoms with Gasteiger partial charge in [-0.3, -0.25) is 14.4 Å². The van der Waals surface area contributed by atoms with Crippen molar-refractivity contribution in [3.8, 4) is 5.75 Å². The molecule has 1 amide bonds. The van der Waals surface area contributed by atoms with E-state index in [4.69, 9.17) is 4.74 Å². The molecular formula is C34H46N5O3+. The minimum absolute atomic E-state index is 0.0285. The third-order valence-corrected chi connectivity index (χ3v) is 8.57. The van der Waals surface area contributed by atoms with Crippen molar-refractivity contribution in [2.75, 3.05) is 52.3 Å². The average molecular weight is 573 g/mol. The largest absolute Gasteiger partial charge is 0.493 e. The van der Waals surface area contributed by atoms with Crippen molar-refractivity contribution < 1.29 is 18.8 Å². The summed E-state index contributed by atoms with van der Waals surface area (Å²) >= 11 is 0. The van der Waals surface area contributed by atoms with Gasteiger partial charge in [0.25, 0.3) is 0 Å². The Labute approximate surface area is 250 Å². The molecule has 8 nitrogen and oxygen atoms in total. The molecule has 3 heterocycles. The van der Waals surface area contributed by atoms with Crippen molar-refractivity contribution in [1.29, 1.82) is 0 Å². The number of amides is 1. The molecule has 8 heteroatoms. The first-order valence-corrected chi connectivity index (χ1v) is 15.4. The molecule has 0 N–H and O–H groups in total. The maximum atomic E-state index is 14.1. The van der Waals surface area contributed by atoms with Gasteiger partial charge in [-0.05, 0) is 48.2 Å². The number of likely N-dealkylation sites (tertiary alicyclic amines) is 1. The Kier molecular flexibility index (Phi) is 9.43. The zero-order chi connectivity index (χ0) is 29.7. The number of aromatic nitrogens is 2. The average Bonchev–Trinajstić information content (AvgIpc) is 3.71. The molecule has 1 aromatic heterocycles. The number of hydrogen-bond donors (Lipinski definition) is 0. The molecule has 3 aromatic rings. The number of carbonyl (C=O) groups is 2. The van der Waals surface area contributed by atoms with E-state index in [-0.39, 0.29) is 30.3 Å². The maximum Gasteiger partial charge on any atom is 0.241 e. The molecule has 0 aliphatic carbocycles. The summed E-state index contributed by atoms with van der Waals surface area (Å²) in [6, 6.07) is 16.6. The Morgan fingerprint density at radius 2 is 2.02 bits per heavy atom. The SMILES string of the molecule is CCCCN(C(=O)CN1C[C@H](c2ccc3c(c2)CCO3)[C@@H](C=O)[C@@H]1CCn1cccn1)c1cccc(C[N+](C)(C)C)c1. The molecular weight excluding hydrogens is 526 g/mol. The fourth-order valence-corrected chi connectivity index (χ4v) is 6.57. The topological polar surface area (TPSA) is 67.7 Å². The Hall–Kier alpha value is -3.49. The summed E-state index contributed by atoms with van der Waals surface area (Å²) in [5, 5.41) is 4.39. The number of anilines is 1. The standard InChI is InChI=1S/C34H46N5O3/c1-5-6-17-38(29-10-7-9-26(20-29)24-39(2,3)4)34(41)23-36-22-30(27-11-12-33-28(21-27)14-19-42-33)31(25-40)32(36)13-18-37-16-8-15-35-37/h7-12,15-16,20-21,25,30-32H,5-6,13-14,17-19,22-24H2,1-4H3/q+1/t30-,31-,32+/m1/s1. The van der Waals surface area contributed by atoms with E-state index < -0.39 is 0 Å². The van der Waals surface area contributed by atoms with Gasteiger partial charge in [-0.15, -0.1) is 0 Å². The molecule has 0 radical (unpaired) electrons. The Morgan fingerprint density at radius 1 is 1.17 bits per heavy atom. The van der Waals surface area contributed by atoms with E-state index in [0.717, 1.165) is 60.0 Å². The summed E-state index contributed by atoms with van der Waals surface area (Å²) in [5.74, 6) is 0.856. The number of benzene rings is 2. The molecule has 1 fully saturated rings. The quantitative estimate of drug-likeness (QED) is 0.222. The maximum absolute atomic E-state index is 14.1. The third kappa shape index (κ3) is 7.10. The van der Waals surface area contributed by atoms with E-state index in [1.165, 1.54) is 11.1 Å². The highest BCUT2D eigenvalue weighted by atomic mass is 16.5. The fourth-order valence-electron chi connectivity index (χ4n) is 6.57. The van der Waals surface area contributed by atoms with Crippen LogP contribution < -0.4 is 9.64 Å². The lowest BCUT2D eigenvalue weighted by molar-refractivity contribution is -0.884. The van der Waals surface area contributed by atoms with Gasteiger partial charge >= 0.3 is 0 Å². The molecule has 5 rings (SSSR count). The first kappa shape index (κ1) is 30.0. The highest BCUT2D eigenvalue weighted by Crippen LogP contribution is 2.40. The molecule has 0 spiro atoms. The lowest BCUT2D eigenvalue weighted by Gasteiger charge is -2.30. The molecule has 2 aliphatic rings. The van der Waals surface area contributed by atoms with Crippen LogP contribution in [0.4, 0.5) is 5.69 Å². The van der Waals surface area contributed by atoms with E-state index in [9.17, 15) is 9.59 Å². The molecule has 42 heavy (non-hydrogen) atoms. The number of carbonyl (C=O) groups excluding carboxylic acids is 2. The van der Waals surface area contributed by atoms with E-state index in [2.05, 4.69) is 74.5 Å². The molecule has 0 saturated carbocycles. The minimum Gasteiger partial charge on any atom is -0.493 e. The van der Waals surface area contributed by atoms with Crippen molar-refractivity contribution in [3.05, 3.63) is 77.6 Å². The van der Waals surface area contributed by atoms with Crippen molar-refractivity contribution in [3.63, 3.8) is 0 Å². The number of ether oxygens (including phenoxy) is 1. The summed E-state index contributed by atoms with van der Waals surface area (Å²) in [5.41, 5.74) is 4.54. The molecule has 0 bridgehead atoms. The third-order valence-electron chi connectivity index (χ3n) is 8.57. The van der Waals surface area contributed by atoms with Crippen molar-refractivity contribution in [2.45, 2.75) is 57.7 Å². The van der Waals surface area contributed by atoms with Gasteiger partial charge in [0.15, 0.2) is 0 Å². The smallest absolute Gasteiger partial charge is 0.241 e. The molecule has 2 aliphatic heterocycles. The van der Waals surface area contributed by atoms with Gasteiger partial charge in [0.05, 0.1) is 34.3 Å². The lowest BCUT2D eigenvalue weighted by atomic mass is 9.84. The molecule has 2 aromatic carbocycles. The van der Waals surface area contributed by atoms with Gasteiger partial charge in [-0.2, -0.15) is 5.10 Å². The molecule has 1 saturated heterocycles. The number of fused-ring (bicyclic) bond motifs is 1. The number of hydrogen-bond acceptors (Lipinski definition) is 5. The summed E-state index contributed by atoms with van der Waals surface area (Å²) in [7, 11) is 6.53. The van der Waals surface area contributed by atoms with Crippen LogP contribution in [0.2, 0.25) is 0 Å². The van der Waals surface area contributed by atoms with E-state index >= 15 is 0 Å². The summed E-state index contributed by atoms with van der Waals surface area (Å²) < 4.78 is 8.47. The van der Waals surface area contributed by atoms with Crippen LogP contribution in [0.1, 0.15) is 48.8 Å². The van der Waals surface area contributed by atoms with E-state index in [1.807, 2.05) is 27.9 Å². The monoisotopic (exact) mass is 572 g/mol. The lowest BCUT2D eigenvalue weighted by Crippen LogP contribution is -2.44. The van der Waals surface area contributed by atoms with E-state index in [0.29, 0.717) is 26.2 Å². The highest BCUT2D eigenvalue weighted by molar-refractivity contribution is 5.95. The summed E-state index contributed by atoms with van der Waals surface area (Å²) in [6.07, 6.45) is 8.44. The van der Waals surface area contributed by atoms with Crippen LogP contribution in [0.3, 0.4) is 0 Å². The van der Waals surface area contributed by atoms with Crippen LogP contribution in [0.5, 0.6) is 5.75 Å². The Morgan fingerprint density at radius 3 is 2.76 bits per heavy atom. The summed E-state index contributed by atoms with van der Waals surface area (Å²) in [4.78, 5) is 31.1. The van der Waals surface area contributed by atoms with Crippen LogP contribution in [0.25, 0.3) is 0 Å². The van der Waals surface area contributed by atoms with E-state index in [1.54, 1.807) is 6.20 Å². The van der Waals surface area contributed by atoms with Crippen LogP contribution >= 0.6 is 0 Å². The van der Waals surface area contributed by atoms with Crippen molar-refractivity contribution in [1.82, 2.24) is 14.7 Å². The number of aryl methyl sites for hydroxylation is 1. The second-order valence-electron chi connectivity index (χ2n) is 12.9. The predicted molar refractivity (Wildman–Crippen MR) is 166 cm³/mol. The first-order chi connectivity index (χ1) is 20.3. The highest BCUT2D eigenvalue weighted by Gasteiger charge is 2.43. The Bertz CT molecular complexity index is 1350. The number of quaternary nitrogens is 1. The predicted octanol–water partition coefficient (Wildman–Crippen LogP) is 4.53. The number of unbranched alkanes of at least 4 members (excludes halogenated alkanes) is 1. The molecule has 224 valence electrons. The van der Waals surface area contributed by atoms with Gasteiger partial charge in [-0.25, -0.2) is 0 Å². The number of aldehydes is 1. The first-order valence-electron chi connectivity index (χ1n) is 15.4. The van der Waals surface area contributed by atoms with Gasteiger partial charge < -0.3 is 18.9 Å². The normalized spacial score (nSPS) is 20.3. The second-order valence-corrected chi connectivity index (χ2v) is 12.9. The van der Waals surface area contributed by atoms with Crippen molar-refractivity contribution in [2.24, 2.45) is 5.92 Å². The molecule has 3 atom stereocenters. The second kappa shape index (κ2) is 13.2. The number of rotatable bonds is 13. The fraction of sp³-hybridized carbons (Fsp3) is 0.500. The zero-order valence-corrected chi connectivity index (χ0v) is 25.6. The van der Waals surface area contributed by atoms with Gasteiger partial charge in [0.1, 0.15) is 18.6 Å². The molecule has 0 unspecified atom stereocenters. The number of nitrogens with zero attached hydrogens (tertiary/aromatic N) is 5. The van der Waals surface area contributed by atoms with Gasteiger partial charge in [0, 0.05) is 67.6 Å². The van der Waals surface area contributed by atoms with Crippen LogP contribution in [-0.2, 0) is 29.1 Å². The van der Waals surface area contributed by atoms with Crippen LogP contribution in [0.15, 0.2) is 60.9 Å². The van der Waals surface area contributed by atoms with Crippen LogP contribution in [-0.4, -0.2) is 84.8 Å². The Balaban J connectivity index is 1.40.